The van der Waals surface area contributed by atoms with E-state index in [4.69, 9.17) is 10.5 Å². The third-order valence-corrected chi connectivity index (χ3v) is 4.36. The Morgan fingerprint density at radius 3 is 2.32 bits per heavy atom. The number of methoxy groups -OCH3 is 1. The van der Waals surface area contributed by atoms with Crippen LogP contribution in [-0.4, -0.2) is 26.4 Å². The first kappa shape index (κ1) is 19.0. The van der Waals surface area contributed by atoms with Crippen LogP contribution in [0.25, 0.3) is 22.3 Å². The summed E-state index contributed by atoms with van der Waals surface area (Å²) < 4.78 is 4.84. The lowest BCUT2D eigenvalue weighted by molar-refractivity contribution is 0.0601. The van der Waals surface area contributed by atoms with Gasteiger partial charge >= 0.3 is 5.97 Å². The minimum atomic E-state index is -0.535. The summed E-state index contributed by atoms with van der Waals surface area (Å²) >= 11 is 0. The molecule has 0 fully saturated rings. The van der Waals surface area contributed by atoms with Crippen LogP contribution in [0.3, 0.4) is 0 Å². The van der Waals surface area contributed by atoms with Gasteiger partial charge in [-0.3, -0.25) is 4.79 Å². The van der Waals surface area contributed by atoms with E-state index in [9.17, 15) is 9.59 Å². The number of hydrogen-bond acceptors (Lipinski definition) is 6. The number of nitrogen functional groups attached to an aromatic ring is 1. The Morgan fingerprint density at radius 2 is 1.68 bits per heavy atom. The summed E-state index contributed by atoms with van der Waals surface area (Å²) in [5, 5.41) is 7.67. The second-order valence-electron chi connectivity index (χ2n) is 6.04. The number of azo groups is 1. The Morgan fingerprint density at radius 1 is 1.00 bits per heavy atom. The summed E-state index contributed by atoms with van der Waals surface area (Å²) in [6.45, 7) is 0. The summed E-state index contributed by atoms with van der Waals surface area (Å²) in [5.41, 5.74) is 11.0. The van der Waals surface area contributed by atoms with Gasteiger partial charge in [0.25, 0.3) is 0 Å². The minimum Gasteiger partial charge on any atom is -0.465 e. The van der Waals surface area contributed by atoms with E-state index in [0.717, 1.165) is 28.5 Å². The molecule has 0 radical (unpaired) electrons. The lowest BCUT2D eigenvalue weighted by atomic mass is 9.96. The largest absolute Gasteiger partial charge is 0.465 e. The Kier molecular flexibility index (Phi) is 5.60. The molecule has 3 aromatic carbocycles. The van der Waals surface area contributed by atoms with E-state index in [1.807, 2.05) is 42.5 Å². The molecule has 0 spiro atoms. The maximum atomic E-state index is 12.1. The first-order valence-corrected chi connectivity index (χ1v) is 8.55. The number of hydrogen-bond donors (Lipinski definition) is 1. The Labute approximate surface area is 162 Å². The molecule has 0 heterocycles. The van der Waals surface area contributed by atoms with Gasteiger partial charge in [-0.25, -0.2) is 4.79 Å². The van der Waals surface area contributed by atoms with Crippen LogP contribution >= 0.6 is 0 Å². The van der Waals surface area contributed by atoms with E-state index < -0.39 is 5.97 Å². The molecule has 0 unspecified atom stereocenters. The standard InChI is InChI=1S/C22H19N3O3/c1-24-25-21-19(22(27)28-2)11-17(12-20(21)23)14-7-9-15(10-8-14)18-6-4-3-5-16(18)13-26/h3-13H,23H2,1-2H3. The minimum absolute atomic E-state index is 0.249. The number of nitrogens with zero attached hydrogens (tertiary/aromatic N) is 2. The van der Waals surface area contributed by atoms with E-state index in [1.165, 1.54) is 14.2 Å². The van der Waals surface area contributed by atoms with Crippen molar-refractivity contribution in [3.8, 4) is 22.3 Å². The van der Waals surface area contributed by atoms with Crippen LogP contribution in [0.5, 0.6) is 0 Å². The molecule has 6 nitrogen and oxygen atoms in total. The average molecular weight is 373 g/mol. The van der Waals surface area contributed by atoms with Crippen molar-refractivity contribution in [2.45, 2.75) is 0 Å². The number of benzene rings is 3. The molecular weight excluding hydrogens is 354 g/mol. The van der Waals surface area contributed by atoms with Crippen molar-refractivity contribution in [3.63, 3.8) is 0 Å². The molecule has 0 saturated carbocycles. The second kappa shape index (κ2) is 8.26. The third kappa shape index (κ3) is 3.66. The van der Waals surface area contributed by atoms with Crippen molar-refractivity contribution in [3.05, 3.63) is 71.8 Å². The fourth-order valence-electron chi connectivity index (χ4n) is 3.01. The fourth-order valence-corrected chi connectivity index (χ4v) is 3.01. The van der Waals surface area contributed by atoms with Gasteiger partial charge in [-0.05, 0) is 34.4 Å². The number of ether oxygens (including phenoxy) is 1. The molecule has 0 aromatic heterocycles. The molecule has 0 aliphatic carbocycles. The molecule has 0 amide bonds. The highest BCUT2D eigenvalue weighted by molar-refractivity contribution is 5.99. The van der Waals surface area contributed by atoms with Gasteiger partial charge in [0.2, 0.25) is 0 Å². The van der Waals surface area contributed by atoms with Crippen molar-refractivity contribution < 1.29 is 14.3 Å². The third-order valence-electron chi connectivity index (χ3n) is 4.36. The molecule has 3 aromatic rings. The highest BCUT2D eigenvalue weighted by atomic mass is 16.5. The van der Waals surface area contributed by atoms with Crippen molar-refractivity contribution >= 4 is 23.6 Å². The summed E-state index contributed by atoms with van der Waals surface area (Å²) in [6, 6.07) is 18.5. The van der Waals surface area contributed by atoms with Crippen LogP contribution in [0, 0.1) is 0 Å². The highest BCUT2D eigenvalue weighted by Gasteiger charge is 2.17. The van der Waals surface area contributed by atoms with E-state index in [2.05, 4.69) is 10.2 Å². The maximum absolute atomic E-state index is 12.1. The lowest BCUT2D eigenvalue weighted by Gasteiger charge is -2.11. The SMILES string of the molecule is CN=Nc1c(N)cc(-c2ccc(-c3ccccc3C=O)cc2)cc1C(=O)OC. The van der Waals surface area contributed by atoms with Crippen LogP contribution in [-0.2, 0) is 4.74 Å². The van der Waals surface area contributed by atoms with Crippen molar-refractivity contribution in [1.82, 2.24) is 0 Å². The van der Waals surface area contributed by atoms with Crippen LogP contribution in [0.2, 0.25) is 0 Å². The predicted octanol–water partition coefficient (Wildman–Crippen LogP) is 4.92. The number of nitrogens with two attached hydrogens (primary N) is 1. The zero-order chi connectivity index (χ0) is 20.1. The van der Waals surface area contributed by atoms with E-state index in [1.54, 1.807) is 18.2 Å². The molecule has 140 valence electrons. The summed E-state index contributed by atoms with van der Waals surface area (Å²) in [4.78, 5) is 23.4. The quantitative estimate of drug-likeness (QED) is 0.297. The fraction of sp³-hybridized carbons (Fsp3) is 0.0909. The van der Waals surface area contributed by atoms with Crippen molar-refractivity contribution in [2.24, 2.45) is 10.2 Å². The Bertz CT molecular complexity index is 1060. The van der Waals surface area contributed by atoms with Crippen LogP contribution in [0.1, 0.15) is 20.7 Å². The van der Waals surface area contributed by atoms with Gasteiger partial charge in [0.15, 0.2) is 6.29 Å². The normalized spacial score (nSPS) is 10.8. The van der Waals surface area contributed by atoms with Gasteiger partial charge in [-0.15, -0.1) is 0 Å². The van der Waals surface area contributed by atoms with Gasteiger partial charge in [0.05, 0.1) is 18.4 Å². The molecule has 0 atom stereocenters. The zero-order valence-corrected chi connectivity index (χ0v) is 15.5. The molecule has 0 bridgehead atoms. The number of carbonyl (C=O) groups excluding carboxylic acids is 2. The Hall–Kier alpha value is -3.80. The number of esters is 1. The first-order chi connectivity index (χ1) is 13.6. The number of aldehydes is 1. The highest BCUT2D eigenvalue weighted by Crippen LogP contribution is 2.35. The van der Waals surface area contributed by atoms with Crippen LogP contribution in [0.15, 0.2) is 70.9 Å². The van der Waals surface area contributed by atoms with Gasteiger partial charge in [-0.2, -0.15) is 10.2 Å². The molecule has 2 N–H and O–H groups in total. The topological polar surface area (TPSA) is 94.1 Å². The molecule has 6 heteroatoms. The van der Waals surface area contributed by atoms with Crippen molar-refractivity contribution in [2.75, 3.05) is 19.9 Å². The predicted molar refractivity (Wildman–Crippen MR) is 109 cm³/mol. The maximum Gasteiger partial charge on any atom is 0.340 e. The molecule has 0 aliphatic heterocycles. The van der Waals surface area contributed by atoms with Crippen LogP contribution < -0.4 is 5.73 Å². The van der Waals surface area contributed by atoms with Gasteiger partial charge in [0, 0.05) is 12.6 Å². The van der Waals surface area contributed by atoms with Gasteiger partial charge in [0.1, 0.15) is 5.69 Å². The summed E-state index contributed by atoms with van der Waals surface area (Å²) in [5.74, 6) is -0.535. The van der Waals surface area contributed by atoms with Gasteiger partial charge in [-0.1, -0.05) is 48.5 Å². The molecule has 28 heavy (non-hydrogen) atoms. The lowest BCUT2D eigenvalue weighted by Crippen LogP contribution is -2.04. The molecule has 3 rings (SSSR count). The monoisotopic (exact) mass is 373 g/mol. The summed E-state index contributed by atoms with van der Waals surface area (Å²) in [7, 11) is 2.81. The van der Waals surface area contributed by atoms with E-state index in [-0.39, 0.29) is 11.3 Å². The zero-order valence-electron chi connectivity index (χ0n) is 15.5. The number of rotatable bonds is 5. The average Bonchev–Trinajstić information content (AvgIpc) is 2.74. The van der Waals surface area contributed by atoms with Crippen molar-refractivity contribution in [1.29, 1.82) is 0 Å². The Balaban J connectivity index is 2.06. The summed E-state index contributed by atoms with van der Waals surface area (Å²) in [6.07, 6.45) is 0.841. The first-order valence-electron chi connectivity index (χ1n) is 8.55. The molecular formula is C22H19N3O3. The van der Waals surface area contributed by atoms with Crippen LogP contribution in [0.4, 0.5) is 11.4 Å². The smallest absolute Gasteiger partial charge is 0.340 e. The van der Waals surface area contributed by atoms with E-state index >= 15 is 0 Å². The molecule has 0 aliphatic rings. The number of carbonyl (C=O) groups is 2. The second-order valence-corrected chi connectivity index (χ2v) is 6.04. The molecule has 0 saturated heterocycles. The van der Waals surface area contributed by atoms with E-state index in [0.29, 0.717) is 11.3 Å². The van der Waals surface area contributed by atoms with Gasteiger partial charge < -0.3 is 10.5 Å². The number of anilines is 1.